The second-order valence-electron chi connectivity index (χ2n) is 6.47. The molecule has 0 bridgehead atoms. The fourth-order valence-electron chi connectivity index (χ4n) is 2.70. The number of ether oxygens (including phenoxy) is 3. The summed E-state index contributed by atoms with van der Waals surface area (Å²) >= 11 is 0. The molecule has 2 aromatic rings. The van der Waals surface area contributed by atoms with Crippen molar-refractivity contribution in [2.24, 2.45) is 0 Å². The molecule has 0 unspecified atom stereocenters. The highest BCUT2D eigenvalue weighted by molar-refractivity contribution is 6.02. The summed E-state index contributed by atoms with van der Waals surface area (Å²) < 4.78 is 15.3. The van der Waals surface area contributed by atoms with Crippen LogP contribution in [0, 0.1) is 10.1 Å². The number of carbonyl (C=O) groups is 2. The SMILES string of the molecule is COc1ccc(OC)c(C(=O)COC(=O)c2ccc(NC3CC3)c([N+](=O)[O-])c2)c1. The number of Topliss-reactive ketones (excluding diaryl/α,β-unsaturated/α-hetero) is 1. The van der Waals surface area contributed by atoms with Crippen LogP contribution in [0.5, 0.6) is 11.5 Å². The van der Waals surface area contributed by atoms with Crippen molar-refractivity contribution < 1.29 is 28.7 Å². The van der Waals surface area contributed by atoms with Crippen LogP contribution in [0.4, 0.5) is 11.4 Å². The van der Waals surface area contributed by atoms with Crippen molar-refractivity contribution in [3.05, 3.63) is 57.6 Å². The van der Waals surface area contributed by atoms with Gasteiger partial charge in [-0.15, -0.1) is 0 Å². The maximum Gasteiger partial charge on any atom is 0.338 e. The molecular formula is C20H20N2O7. The highest BCUT2D eigenvalue weighted by Gasteiger charge is 2.26. The van der Waals surface area contributed by atoms with E-state index in [1.807, 2.05) is 0 Å². The van der Waals surface area contributed by atoms with Crippen LogP contribution in [0.3, 0.4) is 0 Å². The fourth-order valence-corrected chi connectivity index (χ4v) is 2.70. The Morgan fingerprint density at radius 1 is 1.14 bits per heavy atom. The number of hydrogen-bond acceptors (Lipinski definition) is 8. The molecule has 9 heteroatoms. The number of rotatable bonds is 9. The van der Waals surface area contributed by atoms with E-state index in [9.17, 15) is 19.7 Å². The summed E-state index contributed by atoms with van der Waals surface area (Å²) in [5.74, 6) is -0.551. The Bertz CT molecular complexity index is 954. The maximum absolute atomic E-state index is 12.5. The summed E-state index contributed by atoms with van der Waals surface area (Å²) in [6.45, 7) is -0.543. The van der Waals surface area contributed by atoms with Gasteiger partial charge < -0.3 is 19.5 Å². The Balaban J connectivity index is 1.71. The molecule has 29 heavy (non-hydrogen) atoms. The number of benzene rings is 2. The van der Waals surface area contributed by atoms with Gasteiger partial charge in [-0.25, -0.2) is 4.79 Å². The molecule has 0 atom stereocenters. The van der Waals surface area contributed by atoms with E-state index in [1.165, 1.54) is 32.4 Å². The largest absolute Gasteiger partial charge is 0.497 e. The van der Waals surface area contributed by atoms with Crippen molar-refractivity contribution in [1.82, 2.24) is 0 Å². The Morgan fingerprint density at radius 2 is 1.90 bits per heavy atom. The summed E-state index contributed by atoms with van der Waals surface area (Å²) in [6.07, 6.45) is 1.91. The summed E-state index contributed by atoms with van der Waals surface area (Å²) in [7, 11) is 2.88. The number of nitrogens with zero attached hydrogens (tertiary/aromatic N) is 1. The lowest BCUT2D eigenvalue weighted by Gasteiger charge is -2.10. The highest BCUT2D eigenvalue weighted by Crippen LogP contribution is 2.31. The zero-order valence-electron chi connectivity index (χ0n) is 16.0. The fraction of sp³-hybridized carbons (Fsp3) is 0.300. The van der Waals surface area contributed by atoms with Crippen molar-refractivity contribution >= 4 is 23.1 Å². The third-order valence-corrected chi connectivity index (χ3v) is 4.41. The Morgan fingerprint density at radius 3 is 2.52 bits per heavy atom. The van der Waals surface area contributed by atoms with Crippen LogP contribution in [0.25, 0.3) is 0 Å². The molecule has 1 fully saturated rings. The van der Waals surface area contributed by atoms with Crippen LogP contribution >= 0.6 is 0 Å². The van der Waals surface area contributed by atoms with Crippen molar-refractivity contribution in [3.8, 4) is 11.5 Å². The first-order valence-corrected chi connectivity index (χ1v) is 8.90. The highest BCUT2D eigenvalue weighted by atomic mass is 16.6. The molecular weight excluding hydrogens is 380 g/mol. The van der Waals surface area contributed by atoms with Crippen molar-refractivity contribution in [2.75, 3.05) is 26.1 Å². The van der Waals surface area contributed by atoms with Crippen LogP contribution in [-0.2, 0) is 4.74 Å². The lowest BCUT2D eigenvalue weighted by atomic mass is 10.1. The number of anilines is 1. The van der Waals surface area contributed by atoms with Gasteiger partial charge in [0.05, 0.1) is 30.3 Å². The molecule has 1 N–H and O–H groups in total. The van der Waals surface area contributed by atoms with E-state index in [4.69, 9.17) is 14.2 Å². The van der Waals surface area contributed by atoms with E-state index in [1.54, 1.807) is 12.1 Å². The second kappa shape index (κ2) is 8.59. The summed E-state index contributed by atoms with van der Waals surface area (Å²) in [5.41, 5.74) is 0.330. The van der Waals surface area contributed by atoms with E-state index in [2.05, 4.69) is 5.32 Å². The minimum atomic E-state index is -0.832. The monoisotopic (exact) mass is 400 g/mol. The number of ketones is 1. The Kier molecular flexibility index (Phi) is 5.96. The molecule has 0 radical (unpaired) electrons. The minimum Gasteiger partial charge on any atom is -0.497 e. The smallest absolute Gasteiger partial charge is 0.338 e. The molecule has 152 valence electrons. The molecule has 1 saturated carbocycles. The molecule has 3 rings (SSSR count). The average Bonchev–Trinajstić information content (AvgIpc) is 3.55. The van der Waals surface area contributed by atoms with Crippen molar-refractivity contribution in [1.29, 1.82) is 0 Å². The van der Waals surface area contributed by atoms with Gasteiger partial charge >= 0.3 is 5.97 Å². The molecule has 2 aromatic carbocycles. The van der Waals surface area contributed by atoms with Gasteiger partial charge in [-0.3, -0.25) is 14.9 Å². The van der Waals surface area contributed by atoms with E-state index >= 15 is 0 Å². The first kappa shape index (κ1) is 20.1. The lowest BCUT2D eigenvalue weighted by Crippen LogP contribution is -2.15. The molecule has 9 nitrogen and oxygen atoms in total. The predicted molar refractivity (Wildman–Crippen MR) is 104 cm³/mol. The summed E-state index contributed by atoms with van der Waals surface area (Å²) in [5, 5.41) is 14.4. The third kappa shape index (κ3) is 4.81. The van der Waals surface area contributed by atoms with Gasteiger partial charge in [0.25, 0.3) is 5.69 Å². The molecule has 1 aliphatic rings. The number of esters is 1. The number of nitro benzene ring substituents is 1. The zero-order chi connectivity index (χ0) is 21.0. The van der Waals surface area contributed by atoms with Gasteiger partial charge in [0, 0.05) is 12.1 Å². The van der Waals surface area contributed by atoms with E-state index in [0.717, 1.165) is 18.9 Å². The van der Waals surface area contributed by atoms with Gasteiger partial charge in [-0.1, -0.05) is 0 Å². The summed E-state index contributed by atoms with van der Waals surface area (Å²) in [4.78, 5) is 35.5. The van der Waals surface area contributed by atoms with Gasteiger partial charge in [-0.2, -0.15) is 0 Å². The van der Waals surface area contributed by atoms with Crippen LogP contribution in [0.1, 0.15) is 33.6 Å². The number of carbonyl (C=O) groups excluding carboxylic acids is 2. The number of nitro groups is 1. The van der Waals surface area contributed by atoms with Crippen LogP contribution in [-0.4, -0.2) is 43.5 Å². The van der Waals surface area contributed by atoms with Crippen molar-refractivity contribution in [3.63, 3.8) is 0 Å². The number of nitrogens with one attached hydrogen (secondary N) is 1. The Hall–Kier alpha value is -3.62. The first-order valence-electron chi connectivity index (χ1n) is 8.90. The molecule has 0 amide bonds. The van der Waals surface area contributed by atoms with E-state index in [0.29, 0.717) is 17.2 Å². The normalized spacial score (nSPS) is 12.8. The average molecular weight is 400 g/mol. The topological polar surface area (TPSA) is 117 Å². The van der Waals surface area contributed by atoms with E-state index in [-0.39, 0.29) is 22.9 Å². The van der Waals surface area contributed by atoms with Crippen LogP contribution < -0.4 is 14.8 Å². The molecule has 0 aromatic heterocycles. The lowest BCUT2D eigenvalue weighted by molar-refractivity contribution is -0.384. The summed E-state index contributed by atoms with van der Waals surface area (Å²) in [6, 6.07) is 8.96. The van der Waals surface area contributed by atoms with E-state index < -0.39 is 23.3 Å². The molecule has 0 heterocycles. The molecule has 0 spiro atoms. The zero-order valence-corrected chi connectivity index (χ0v) is 16.0. The van der Waals surface area contributed by atoms with Gasteiger partial charge in [0.2, 0.25) is 5.78 Å². The van der Waals surface area contributed by atoms with Gasteiger partial charge in [0.1, 0.15) is 17.2 Å². The standard InChI is InChI=1S/C20H20N2O7/c1-27-14-6-8-19(28-2)15(10-14)18(23)11-29-20(24)12-3-7-16(21-13-4-5-13)17(9-12)22(25)26/h3,6-10,13,21H,4-5,11H2,1-2H3. The van der Waals surface area contributed by atoms with Crippen molar-refractivity contribution in [2.45, 2.75) is 18.9 Å². The maximum atomic E-state index is 12.5. The molecule has 0 aliphatic heterocycles. The predicted octanol–water partition coefficient (Wildman–Crippen LogP) is 3.23. The molecule has 1 aliphatic carbocycles. The van der Waals surface area contributed by atoms with Crippen LogP contribution in [0.2, 0.25) is 0 Å². The molecule has 0 saturated heterocycles. The Labute approximate surface area is 166 Å². The second-order valence-corrected chi connectivity index (χ2v) is 6.47. The van der Waals surface area contributed by atoms with Gasteiger partial charge in [-0.05, 0) is 43.2 Å². The first-order chi connectivity index (χ1) is 13.9. The minimum absolute atomic E-state index is 0.0107. The number of hydrogen-bond donors (Lipinski definition) is 1. The third-order valence-electron chi connectivity index (χ3n) is 4.41. The van der Waals surface area contributed by atoms with Gasteiger partial charge in [0.15, 0.2) is 6.61 Å². The number of methoxy groups -OCH3 is 2. The van der Waals surface area contributed by atoms with Crippen LogP contribution in [0.15, 0.2) is 36.4 Å². The quantitative estimate of drug-likeness (QED) is 0.295.